The van der Waals surface area contributed by atoms with E-state index >= 15 is 0 Å². The Balaban J connectivity index is 2.12. The van der Waals surface area contributed by atoms with Gasteiger partial charge in [-0.2, -0.15) is 0 Å². The molecule has 0 aliphatic heterocycles. The third kappa shape index (κ3) is 4.79. The Morgan fingerprint density at radius 1 is 1.31 bits per heavy atom. The second-order valence-corrected chi connectivity index (χ2v) is 3.70. The van der Waals surface area contributed by atoms with Gasteiger partial charge in [0, 0.05) is 6.42 Å². The molecule has 4 heteroatoms. The maximum atomic E-state index is 10.5. The van der Waals surface area contributed by atoms with Gasteiger partial charge in [0.15, 0.2) is 0 Å². The van der Waals surface area contributed by atoms with Crippen LogP contribution >= 0.6 is 0 Å². The normalized spacial score (nSPS) is 10.2. The first-order chi connectivity index (χ1) is 7.70. The van der Waals surface area contributed by atoms with Gasteiger partial charge in [-0.15, -0.1) is 0 Å². The molecule has 4 N–H and O–H groups in total. The Morgan fingerprint density at radius 2 is 2.06 bits per heavy atom. The van der Waals surface area contributed by atoms with Crippen LogP contribution in [0.4, 0.5) is 0 Å². The lowest BCUT2D eigenvalue weighted by atomic mass is 10.1. The molecular weight excluding hydrogens is 204 g/mol. The highest BCUT2D eigenvalue weighted by Gasteiger charge is 1.98. The molecular formula is C12H18N2O2. The van der Waals surface area contributed by atoms with E-state index in [4.69, 9.17) is 5.73 Å². The second kappa shape index (κ2) is 6.85. The number of primary amides is 1. The SMILES string of the molecule is NC(=O)CCCNCCc1ccccc1O. The molecule has 0 saturated carbocycles. The zero-order valence-corrected chi connectivity index (χ0v) is 9.28. The van der Waals surface area contributed by atoms with Crippen LogP contribution in [0.2, 0.25) is 0 Å². The van der Waals surface area contributed by atoms with Gasteiger partial charge in [-0.3, -0.25) is 4.79 Å². The van der Waals surface area contributed by atoms with Crippen molar-refractivity contribution < 1.29 is 9.90 Å². The molecule has 0 bridgehead atoms. The third-order valence-electron chi connectivity index (χ3n) is 2.34. The van der Waals surface area contributed by atoms with E-state index < -0.39 is 0 Å². The number of carbonyl (C=O) groups is 1. The smallest absolute Gasteiger partial charge is 0.217 e. The van der Waals surface area contributed by atoms with E-state index in [9.17, 15) is 9.90 Å². The van der Waals surface area contributed by atoms with Crippen LogP contribution in [-0.4, -0.2) is 24.1 Å². The number of carbonyl (C=O) groups excluding carboxylic acids is 1. The number of hydrogen-bond donors (Lipinski definition) is 3. The van der Waals surface area contributed by atoms with E-state index in [0.717, 1.165) is 31.5 Å². The van der Waals surface area contributed by atoms with Gasteiger partial charge in [-0.1, -0.05) is 18.2 Å². The van der Waals surface area contributed by atoms with Crippen LogP contribution in [-0.2, 0) is 11.2 Å². The molecule has 0 saturated heterocycles. The van der Waals surface area contributed by atoms with Crippen LogP contribution in [0.5, 0.6) is 5.75 Å². The predicted octanol–water partition coefficient (Wildman–Crippen LogP) is 0.790. The van der Waals surface area contributed by atoms with Crippen molar-refractivity contribution in [3.8, 4) is 5.75 Å². The number of rotatable bonds is 7. The number of para-hydroxylation sites is 1. The maximum absolute atomic E-state index is 10.5. The summed E-state index contributed by atoms with van der Waals surface area (Å²) in [7, 11) is 0. The number of nitrogens with two attached hydrogens (primary N) is 1. The molecule has 0 aliphatic rings. The van der Waals surface area contributed by atoms with Crippen LogP contribution in [0.25, 0.3) is 0 Å². The molecule has 0 aromatic heterocycles. The molecule has 16 heavy (non-hydrogen) atoms. The van der Waals surface area contributed by atoms with E-state index in [-0.39, 0.29) is 5.91 Å². The fourth-order valence-corrected chi connectivity index (χ4v) is 1.46. The van der Waals surface area contributed by atoms with E-state index in [1.54, 1.807) is 12.1 Å². The third-order valence-corrected chi connectivity index (χ3v) is 2.34. The minimum Gasteiger partial charge on any atom is -0.508 e. The number of phenols is 1. The number of phenolic OH excluding ortho intramolecular Hbond substituents is 1. The summed E-state index contributed by atoms with van der Waals surface area (Å²) in [6.07, 6.45) is 1.96. The molecule has 1 rings (SSSR count). The number of hydrogen-bond acceptors (Lipinski definition) is 3. The largest absolute Gasteiger partial charge is 0.508 e. The zero-order valence-electron chi connectivity index (χ0n) is 9.28. The lowest BCUT2D eigenvalue weighted by molar-refractivity contribution is -0.118. The number of amides is 1. The Kier molecular flexibility index (Phi) is 5.36. The van der Waals surface area contributed by atoms with Crippen LogP contribution in [0.15, 0.2) is 24.3 Å². The zero-order chi connectivity index (χ0) is 11.8. The van der Waals surface area contributed by atoms with Gasteiger partial charge in [0.2, 0.25) is 5.91 Å². The molecule has 1 aromatic rings. The summed E-state index contributed by atoms with van der Waals surface area (Å²) in [5.41, 5.74) is 5.95. The van der Waals surface area contributed by atoms with Crippen molar-refractivity contribution in [2.24, 2.45) is 5.73 Å². The van der Waals surface area contributed by atoms with Crippen LogP contribution in [0.1, 0.15) is 18.4 Å². The van der Waals surface area contributed by atoms with Gasteiger partial charge in [0.25, 0.3) is 0 Å². The highest BCUT2D eigenvalue weighted by Crippen LogP contribution is 2.15. The van der Waals surface area contributed by atoms with Crippen molar-refractivity contribution in [1.29, 1.82) is 0 Å². The minimum atomic E-state index is -0.262. The minimum absolute atomic E-state index is 0.262. The molecule has 0 heterocycles. The molecule has 1 amide bonds. The van der Waals surface area contributed by atoms with Crippen LogP contribution < -0.4 is 11.1 Å². The first-order valence-corrected chi connectivity index (χ1v) is 5.46. The topological polar surface area (TPSA) is 75.4 Å². The summed E-state index contributed by atoms with van der Waals surface area (Å²) in [5, 5.41) is 12.7. The van der Waals surface area contributed by atoms with Gasteiger partial charge >= 0.3 is 0 Å². The lowest BCUT2D eigenvalue weighted by Gasteiger charge is -2.05. The van der Waals surface area contributed by atoms with Crippen molar-refractivity contribution in [2.75, 3.05) is 13.1 Å². The van der Waals surface area contributed by atoms with Crippen molar-refractivity contribution >= 4 is 5.91 Å². The average Bonchev–Trinajstić information content (AvgIpc) is 2.25. The monoisotopic (exact) mass is 222 g/mol. The summed E-state index contributed by atoms with van der Waals surface area (Å²) in [6, 6.07) is 7.30. The molecule has 1 aromatic carbocycles. The molecule has 0 fully saturated rings. The molecule has 0 spiro atoms. The van der Waals surface area contributed by atoms with Crippen LogP contribution in [0, 0.1) is 0 Å². The van der Waals surface area contributed by atoms with Gasteiger partial charge in [-0.05, 0) is 37.6 Å². The lowest BCUT2D eigenvalue weighted by Crippen LogP contribution is -2.20. The summed E-state index contributed by atoms with van der Waals surface area (Å²) in [5.74, 6) is 0.0731. The fourth-order valence-electron chi connectivity index (χ4n) is 1.46. The first kappa shape index (κ1) is 12.5. The van der Waals surface area contributed by atoms with Gasteiger partial charge in [-0.25, -0.2) is 0 Å². The van der Waals surface area contributed by atoms with E-state index in [0.29, 0.717) is 12.2 Å². The first-order valence-electron chi connectivity index (χ1n) is 5.46. The molecule has 0 aliphatic carbocycles. The summed E-state index contributed by atoms with van der Waals surface area (Å²) in [4.78, 5) is 10.5. The predicted molar refractivity (Wildman–Crippen MR) is 63.1 cm³/mol. The standard InChI is InChI=1S/C12H18N2O2/c13-12(16)6-3-8-14-9-7-10-4-1-2-5-11(10)15/h1-2,4-5,14-15H,3,6-9H2,(H2,13,16). The molecule has 0 radical (unpaired) electrons. The number of aromatic hydroxyl groups is 1. The highest BCUT2D eigenvalue weighted by atomic mass is 16.3. The molecule has 88 valence electrons. The summed E-state index contributed by atoms with van der Waals surface area (Å²) in [6.45, 7) is 1.56. The Labute approximate surface area is 95.5 Å². The van der Waals surface area contributed by atoms with Crippen LogP contribution in [0.3, 0.4) is 0 Å². The van der Waals surface area contributed by atoms with Gasteiger partial charge in [0.05, 0.1) is 0 Å². The van der Waals surface area contributed by atoms with Crippen molar-refractivity contribution in [3.05, 3.63) is 29.8 Å². The van der Waals surface area contributed by atoms with E-state index in [1.165, 1.54) is 0 Å². The van der Waals surface area contributed by atoms with Crippen molar-refractivity contribution in [1.82, 2.24) is 5.32 Å². The summed E-state index contributed by atoms with van der Waals surface area (Å²) >= 11 is 0. The van der Waals surface area contributed by atoms with Crippen molar-refractivity contribution in [3.63, 3.8) is 0 Å². The molecule has 0 atom stereocenters. The van der Waals surface area contributed by atoms with Crippen molar-refractivity contribution in [2.45, 2.75) is 19.3 Å². The maximum Gasteiger partial charge on any atom is 0.217 e. The Hall–Kier alpha value is -1.55. The van der Waals surface area contributed by atoms with Gasteiger partial charge < -0.3 is 16.2 Å². The fraction of sp³-hybridized carbons (Fsp3) is 0.417. The summed E-state index contributed by atoms with van der Waals surface area (Å²) < 4.78 is 0. The quantitative estimate of drug-likeness (QED) is 0.597. The second-order valence-electron chi connectivity index (χ2n) is 3.70. The number of benzene rings is 1. The molecule has 4 nitrogen and oxygen atoms in total. The average molecular weight is 222 g/mol. The Bertz CT molecular complexity index is 340. The number of nitrogens with one attached hydrogen (secondary N) is 1. The molecule has 0 unspecified atom stereocenters. The Morgan fingerprint density at radius 3 is 2.75 bits per heavy atom. The van der Waals surface area contributed by atoms with E-state index in [2.05, 4.69) is 5.32 Å². The van der Waals surface area contributed by atoms with E-state index in [1.807, 2.05) is 12.1 Å². The van der Waals surface area contributed by atoms with Gasteiger partial charge in [0.1, 0.15) is 5.75 Å². The highest BCUT2D eigenvalue weighted by molar-refractivity contribution is 5.73.